The maximum Gasteiger partial charge on any atom is 0.196 e. The van der Waals surface area contributed by atoms with E-state index in [2.05, 4.69) is 47.9 Å². The first kappa shape index (κ1) is 25.9. The number of aromatic nitrogens is 1. The lowest BCUT2D eigenvalue weighted by Crippen LogP contribution is -2.05. The molecule has 0 amide bonds. The summed E-state index contributed by atoms with van der Waals surface area (Å²) in [5.74, 6) is 0.688. The maximum absolute atomic E-state index is 14.3. The Morgan fingerprint density at radius 1 is 0.868 bits per heavy atom. The van der Waals surface area contributed by atoms with Gasteiger partial charge in [0.2, 0.25) is 0 Å². The third-order valence-electron chi connectivity index (χ3n) is 6.64. The van der Waals surface area contributed by atoms with Crippen LogP contribution >= 0.6 is 23.4 Å². The van der Waals surface area contributed by atoms with Crippen LogP contribution in [0.5, 0.6) is 5.75 Å². The third-order valence-corrected chi connectivity index (χ3v) is 7.66. The molecule has 5 heteroatoms. The monoisotopic (exact) mass is 537 g/mol. The van der Waals surface area contributed by atoms with Gasteiger partial charge in [-0.15, -0.1) is 11.8 Å². The fraction of sp³-hybridized carbons (Fsp3) is 0.121. The summed E-state index contributed by atoms with van der Waals surface area (Å²) in [6.45, 7) is 2.09. The van der Waals surface area contributed by atoms with Crippen molar-refractivity contribution >= 4 is 29.1 Å². The minimum atomic E-state index is -0.0261. The van der Waals surface area contributed by atoms with Crippen molar-refractivity contribution in [2.24, 2.45) is 0 Å². The predicted octanol–water partition coefficient (Wildman–Crippen LogP) is 8.66. The topological polar surface area (TPSA) is 31.2 Å². The highest BCUT2D eigenvalue weighted by Crippen LogP contribution is 2.42. The van der Waals surface area contributed by atoms with E-state index in [1.807, 2.05) is 73.0 Å². The predicted molar refractivity (Wildman–Crippen MR) is 158 cm³/mol. The second kappa shape index (κ2) is 11.3. The Kier molecular flexibility index (Phi) is 7.73. The number of para-hydroxylation sites is 1. The van der Waals surface area contributed by atoms with E-state index in [0.29, 0.717) is 28.3 Å². The number of thioether (sulfide) groups is 1. The number of carbonyl (C=O) groups excluding carboxylic acids is 1. The van der Waals surface area contributed by atoms with Crippen molar-refractivity contribution in [1.29, 1.82) is 0 Å². The second-order valence-corrected chi connectivity index (χ2v) is 10.3. The van der Waals surface area contributed by atoms with Gasteiger partial charge in [-0.3, -0.25) is 4.79 Å². The number of halogens is 1. The van der Waals surface area contributed by atoms with E-state index in [-0.39, 0.29) is 5.78 Å². The quantitative estimate of drug-likeness (QED) is 0.146. The van der Waals surface area contributed by atoms with Gasteiger partial charge in [-0.05, 0) is 72.8 Å². The number of benzene rings is 4. The first-order valence-corrected chi connectivity index (χ1v) is 14.0. The van der Waals surface area contributed by atoms with Crippen LogP contribution in [-0.4, -0.2) is 23.7 Å². The highest BCUT2D eigenvalue weighted by Gasteiger charge is 2.29. The van der Waals surface area contributed by atoms with Crippen LogP contribution in [0.2, 0.25) is 5.02 Å². The maximum atomic E-state index is 14.3. The Bertz CT molecular complexity index is 1560. The molecule has 3 nitrogen and oxygen atoms in total. The van der Waals surface area contributed by atoms with E-state index in [0.717, 1.165) is 27.5 Å². The van der Waals surface area contributed by atoms with Gasteiger partial charge in [-0.2, -0.15) is 0 Å². The number of nitrogens with zero attached hydrogens (tertiary/aromatic N) is 1. The molecule has 1 aromatic heterocycles. The molecule has 0 aliphatic heterocycles. The standard InChI is InChI=1S/C33H28ClNO2S/c1-22-9-11-23(12-10-22)21-29-30(24-13-17-26(34)18-14-24)31(32(36)25-15-19-28(37-2)20-16-25)33(38-3)35(29)27-7-5-4-6-8-27/h4-20H,21H2,1-3H3. The number of methoxy groups -OCH3 is 1. The molecule has 190 valence electrons. The van der Waals surface area contributed by atoms with E-state index >= 15 is 0 Å². The summed E-state index contributed by atoms with van der Waals surface area (Å²) in [4.78, 5) is 14.3. The van der Waals surface area contributed by atoms with Crippen LogP contribution in [-0.2, 0) is 6.42 Å². The van der Waals surface area contributed by atoms with Gasteiger partial charge in [0.1, 0.15) is 5.75 Å². The minimum absolute atomic E-state index is 0.0261. The molecule has 0 aliphatic carbocycles. The lowest BCUT2D eigenvalue weighted by Gasteiger charge is -2.14. The van der Waals surface area contributed by atoms with Crippen molar-refractivity contribution in [2.75, 3.05) is 13.4 Å². The largest absolute Gasteiger partial charge is 0.497 e. The highest BCUT2D eigenvalue weighted by molar-refractivity contribution is 7.98. The van der Waals surface area contributed by atoms with Crippen LogP contribution < -0.4 is 4.74 Å². The first-order valence-electron chi connectivity index (χ1n) is 12.4. The third kappa shape index (κ3) is 5.15. The molecule has 0 atom stereocenters. The summed E-state index contributed by atoms with van der Waals surface area (Å²) in [6, 6.07) is 33.9. The van der Waals surface area contributed by atoms with Crippen molar-refractivity contribution in [3.63, 3.8) is 0 Å². The molecule has 0 saturated carbocycles. The number of hydrogen-bond donors (Lipinski definition) is 0. The Labute approximate surface area is 233 Å². The second-order valence-electron chi connectivity index (χ2n) is 9.10. The molecule has 1 heterocycles. The fourth-order valence-corrected chi connectivity index (χ4v) is 5.66. The van der Waals surface area contributed by atoms with Gasteiger partial charge in [0, 0.05) is 34.0 Å². The van der Waals surface area contributed by atoms with Crippen molar-refractivity contribution in [2.45, 2.75) is 18.4 Å². The van der Waals surface area contributed by atoms with Crippen molar-refractivity contribution in [3.8, 4) is 22.6 Å². The van der Waals surface area contributed by atoms with E-state index < -0.39 is 0 Å². The zero-order chi connectivity index (χ0) is 26.6. The average Bonchev–Trinajstić information content (AvgIpc) is 3.28. The number of hydrogen-bond acceptors (Lipinski definition) is 3. The Balaban J connectivity index is 1.82. The Hall–Kier alpha value is -3.73. The summed E-state index contributed by atoms with van der Waals surface area (Å²) >= 11 is 7.87. The van der Waals surface area contributed by atoms with Crippen LogP contribution in [0.4, 0.5) is 0 Å². The average molecular weight is 538 g/mol. The van der Waals surface area contributed by atoms with Gasteiger partial charge in [0.15, 0.2) is 5.78 Å². The van der Waals surface area contributed by atoms with E-state index in [9.17, 15) is 4.79 Å². The van der Waals surface area contributed by atoms with Crippen LogP contribution in [0.15, 0.2) is 108 Å². The highest BCUT2D eigenvalue weighted by atomic mass is 35.5. The molecule has 4 aromatic carbocycles. The van der Waals surface area contributed by atoms with Crippen LogP contribution in [0, 0.1) is 6.92 Å². The van der Waals surface area contributed by atoms with Crippen LogP contribution in [0.3, 0.4) is 0 Å². The number of ketones is 1. The van der Waals surface area contributed by atoms with Gasteiger partial charge in [-0.1, -0.05) is 71.8 Å². The molecule has 5 rings (SSSR count). The van der Waals surface area contributed by atoms with Gasteiger partial charge in [-0.25, -0.2) is 0 Å². The molecular weight excluding hydrogens is 510 g/mol. The molecule has 0 N–H and O–H groups in total. The molecule has 38 heavy (non-hydrogen) atoms. The molecule has 5 aromatic rings. The van der Waals surface area contributed by atoms with E-state index in [1.54, 1.807) is 18.9 Å². The van der Waals surface area contributed by atoms with Gasteiger partial charge in [0.05, 0.1) is 17.7 Å². The van der Waals surface area contributed by atoms with Gasteiger partial charge < -0.3 is 9.30 Å². The first-order chi connectivity index (χ1) is 18.5. The number of aryl methyl sites for hydroxylation is 1. The zero-order valence-corrected chi connectivity index (χ0v) is 23.1. The fourth-order valence-electron chi connectivity index (χ4n) is 4.73. The summed E-state index contributed by atoms with van der Waals surface area (Å²) in [7, 11) is 1.62. The summed E-state index contributed by atoms with van der Waals surface area (Å²) in [5.41, 5.74) is 7.66. The van der Waals surface area contributed by atoms with Crippen LogP contribution in [0.1, 0.15) is 32.7 Å². The smallest absolute Gasteiger partial charge is 0.196 e. The summed E-state index contributed by atoms with van der Waals surface area (Å²) < 4.78 is 7.57. The van der Waals surface area contributed by atoms with Crippen molar-refractivity contribution in [3.05, 3.63) is 136 Å². The lowest BCUT2D eigenvalue weighted by molar-refractivity contribution is 0.103. The van der Waals surface area contributed by atoms with Crippen LogP contribution in [0.25, 0.3) is 16.8 Å². The molecule has 0 spiro atoms. The van der Waals surface area contributed by atoms with E-state index in [4.69, 9.17) is 16.3 Å². The molecule has 0 aliphatic rings. The van der Waals surface area contributed by atoms with Crippen molar-refractivity contribution in [1.82, 2.24) is 4.57 Å². The molecule has 0 bridgehead atoms. The summed E-state index contributed by atoms with van der Waals surface area (Å²) in [6.07, 6.45) is 2.69. The van der Waals surface area contributed by atoms with E-state index in [1.165, 1.54) is 11.1 Å². The molecular formula is C33H28ClNO2S. The molecule has 0 fully saturated rings. The Morgan fingerprint density at radius 2 is 1.53 bits per heavy atom. The van der Waals surface area contributed by atoms with Gasteiger partial charge in [0.25, 0.3) is 0 Å². The van der Waals surface area contributed by atoms with Gasteiger partial charge >= 0.3 is 0 Å². The molecule has 0 saturated heterocycles. The van der Waals surface area contributed by atoms with Crippen molar-refractivity contribution < 1.29 is 9.53 Å². The number of carbonyl (C=O) groups is 1. The number of rotatable bonds is 8. The zero-order valence-electron chi connectivity index (χ0n) is 21.6. The molecule has 0 radical (unpaired) electrons. The normalized spacial score (nSPS) is 10.9. The Morgan fingerprint density at radius 3 is 2.13 bits per heavy atom. The SMILES string of the molecule is COc1ccc(C(=O)c2c(-c3ccc(Cl)cc3)c(Cc3ccc(C)cc3)n(-c3ccccc3)c2SC)cc1. The minimum Gasteiger partial charge on any atom is -0.497 e. The molecule has 0 unspecified atom stereocenters. The lowest BCUT2D eigenvalue weighted by atomic mass is 9.93. The number of ether oxygens (including phenoxy) is 1. The summed E-state index contributed by atoms with van der Waals surface area (Å²) in [5, 5.41) is 1.56.